The van der Waals surface area contributed by atoms with E-state index in [0.29, 0.717) is 17.8 Å². The molecule has 0 amide bonds. The third-order valence-electron chi connectivity index (χ3n) is 11.7. The van der Waals surface area contributed by atoms with Gasteiger partial charge in [-0.1, -0.05) is 117 Å². The summed E-state index contributed by atoms with van der Waals surface area (Å²) >= 11 is 0. The van der Waals surface area contributed by atoms with E-state index in [0.717, 1.165) is 50.7 Å². The van der Waals surface area contributed by atoms with E-state index in [-0.39, 0.29) is 5.41 Å². The smallest absolute Gasteiger partial charge is 0.144 e. The molecule has 3 aromatic heterocycles. The standard InChI is InChI=1S/C53H56N4O/c1-32(2)39-27-45(33(3)4)51(46(28-39)34(5)6)56-25-24-55-52(56)38-16-13-17-41(26-38)58-42-19-21-44-43-20-18-40(53(9,10)11)30-47(43)57(48(44)31-42)49-29-37(22-23-54-49)50-35(7)14-12-15-36(50)8/h12-34H,1-11H3. The van der Waals surface area contributed by atoms with Gasteiger partial charge in [-0.25, -0.2) is 9.97 Å². The van der Waals surface area contributed by atoms with Gasteiger partial charge < -0.3 is 4.74 Å². The van der Waals surface area contributed by atoms with E-state index in [1.165, 1.54) is 50.0 Å². The van der Waals surface area contributed by atoms with Crippen molar-refractivity contribution in [2.24, 2.45) is 0 Å². The summed E-state index contributed by atoms with van der Waals surface area (Å²) in [4.78, 5) is 9.95. The second kappa shape index (κ2) is 15.1. The van der Waals surface area contributed by atoms with Crippen LogP contribution in [0.2, 0.25) is 0 Å². The number of pyridine rings is 1. The van der Waals surface area contributed by atoms with Crippen LogP contribution >= 0.6 is 0 Å². The van der Waals surface area contributed by atoms with Crippen LogP contribution in [-0.4, -0.2) is 19.1 Å². The van der Waals surface area contributed by atoms with Crippen molar-refractivity contribution in [3.05, 3.63) is 155 Å². The van der Waals surface area contributed by atoms with Crippen molar-refractivity contribution in [2.75, 3.05) is 0 Å². The quantitative estimate of drug-likeness (QED) is 0.147. The third-order valence-corrected chi connectivity index (χ3v) is 11.7. The fourth-order valence-electron chi connectivity index (χ4n) is 8.47. The van der Waals surface area contributed by atoms with Crippen molar-refractivity contribution in [1.82, 2.24) is 19.1 Å². The monoisotopic (exact) mass is 764 g/mol. The molecular formula is C53H56N4O. The molecule has 5 nitrogen and oxygen atoms in total. The van der Waals surface area contributed by atoms with Crippen LogP contribution in [0.1, 0.15) is 113 Å². The van der Waals surface area contributed by atoms with Gasteiger partial charge in [-0.15, -0.1) is 0 Å². The number of nitrogens with zero attached hydrogens (tertiary/aromatic N) is 4. The average molecular weight is 765 g/mol. The van der Waals surface area contributed by atoms with Gasteiger partial charge in [0.1, 0.15) is 23.1 Å². The minimum absolute atomic E-state index is 0.0126. The first kappa shape index (κ1) is 38.9. The number of hydrogen-bond acceptors (Lipinski definition) is 3. The van der Waals surface area contributed by atoms with Crippen LogP contribution in [-0.2, 0) is 5.41 Å². The summed E-state index contributed by atoms with van der Waals surface area (Å²) in [7, 11) is 0. The first-order valence-electron chi connectivity index (χ1n) is 20.8. The molecule has 3 heterocycles. The zero-order chi connectivity index (χ0) is 41.0. The highest BCUT2D eigenvalue weighted by atomic mass is 16.5. The molecule has 5 heteroatoms. The number of benzene rings is 5. The van der Waals surface area contributed by atoms with Gasteiger partial charge in [-0.3, -0.25) is 9.13 Å². The molecule has 0 unspecified atom stereocenters. The number of hydrogen-bond donors (Lipinski definition) is 0. The summed E-state index contributed by atoms with van der Waals surface area (Å²) in [5, 5.41) is 2.34. The van der Waals surface area contributed by atoms with E-state index < -0.39 is 0 Å². The van der Waals surface area contributed by atoms with Gasteiger partial charge in [-0.2, -0.15) is 0 Å². The molecule has 8 aromatic rings. The molecule has 0 saturated carbocycles. The normalized spacial score (nSPS) is 12.2. The van der Waals surface area contributed by atoms with Crippen molar-refractivity contribution in [2.45, 2.75) is 99.3 Å². The molecule has 0 saturated heterocycles. The summed E-state index contributed by atoms with van der Waals surface area (Å²) in [6, 6.07) is 37.2. The highest BCUT2D eigenvalue weighted by Crippen LogP contribution is 2.40. The van der Waals surface area contributed by atoms with E-state index in [4.69, 9.17) is 14.7 Å². The van der Waals surface area contributed by atoms with Gasteiger partial charge in [0.25, 0.3) is 0 Å². The summed E-state index contributed by atoms with van der Waals surface area (Å²) in [6.45, 7) is 24.9. The van der Waals surface area contributed by atoms with E-state index >= 15 is 0 Å². The molecule has 0 aliphatic heterocycles. The van der Waals surface area contributed by atoms with E-state index in [1.54, 1.807) is 0 Å². The molecule has 0 bridgehead atoms. The molecular weight excluding hydrogens is 709 g/mol. The molecule has 58 heavy (non-hydrogen) atoms. The first-order valence-corrected chi connectivity index (χ1v) is 20.8. The zero-order valence-electron chi connectivity index (χ0n) is 36.0. The Morgan fingerprint density at radius 1 is 0.586 bits per heavy atom. The van der Waals surface area contributed by atoms with Gasteiger partial charge in [0.2, 0.25) is 0 Å². The number of imidazole rings is 1. The second-order valence-corrected chi connectivity index (χ2v) is 17.9. The van der Waals surface area contributed by atoms with Crippen molar-refractivity contribution in [3.8, 4) is 45.5 Å². The lowest BCUT2D eigenvalue weighted by Gasteiger charge is -2.24. The molecule has 8 rings (SSSR count). The molecule has 0 aliphatic rings. The van der Waals surface area contributed by atoms with Crippen LogP contribution in [0.3, 0.4) is 0 Å². The average Bonchev–Trinajstić information content (AvgIpc) is 3.80. The summed E-state index contributed by atoms with van der Waals surface area (Å²) in [5.41, 5.74) is 14.6. The fraction of sp³-hybridized carbons (Fsp3) is 0.283. The molecule has 0 atom stereocenters. The Bertz CT molecular complexity index is 2760. The molecule has 0 aliphatic carbocycles. The maximum Gasteiger partial charge on any atom is 0.144 e. The SMILES string of the molecule is Cc1cccc(C)c1-c1ccnc(-n2c3cc(Oc4cccc(-c5nccn5-c5c(C(C)C)cc(C(C)C)cc5C(C)C)c4)ccc3c3ccc(C(C)(C)C)cc32)c1. The molecule has 5 aromatic carbocycles. The van der Waals surface area contributed by atoms with Gasteiger partial charge >= 0.3 is 0 Å². The van der Waals surface area contributed by atoms with Gasteiger partial charge in [0, 0.05) is 41.0 Å². The number of rotatable bonds is 9. The maximum absolute atomic E-state index is 6.76. The van der Waals surface area contributed by atoms with Crippen LogP contribution in [0.4, 0.5) is 0 Å². The van der Waals surface area contributed by atoms with E-state index in [2.05, 4.69) is 189 Å². The van der Waals surface area contributed by atoms with Crippen LogP contribution in [0.15, 0.2) is 122 Å². The number of ether oxygens (including phenoxy) is 1. The summed E-state index contributed by atoms with van der Waals surface area (Å²) in [5.74, 6) is 4.43. The Hall–Kier alpha value is -5.94. The van der Waals surface area contributed by atoms with Crippen molar-refractivity contribution in [1.29, 1.82) is 0 Å². The Labute approximate surface area is 344 Å². The first-order chi connectivity index (χ1) is 27.7. The number of aryl methyl sites for hydroxylation is 2. The van der Waals surface area contributed by atoms with Crippen LogP contribution in [0.5, 0.6) is 11.5 Å². The molecule has 294 valence electrons. The van der Waals surface area contributed by atoms with Crippen LogP contribution in [0, 0.1) is 13.8 Å². The largest absolute Gasteiger partial charge is 0.457 e. The topological polar surface area (TPSA) is 44.9 Å². The molecule has 0 spiro atoms. The van der Waals surface area contributed by atoms with Gasteiger partial charge in [0.05, 0.1) is 16.7 Å². The highest BCUT2D eigenvalue weighted by Gasteiger charge is 2.23. The maximum atomic E-state index is 6.76. The molecule has 0 radical (unpaired) electrons. The minimum atomic E-state index is -0.0126. The Balaban J connectivity index is 1.23. The molecule has 0 N–H and O–H groups in total. The lowest BCUT2D eigenvalue weighted by Crippen LogP contribution is -2.11. The number of aromatic nitrogens is 4. The third kappa shape index (κ3) is 7.12. The van der Waals surface area contributed by atoms with Crippen molar-refractivity contribution < 1.29 is 4.74 Å². The highest BCUT2D eigenvalue weighted by molar-refractivity contribution is 6.09. The van der Waals surface area contributed by atoms with Crippen molar-refractivity contribution in [3.63, 3.8) is 0 Å². The van der Waals surface area contributed by atoms with Gasteiger partial charge in [0.15, 0.2) is 0 Å². The van der Waals surface area contributed by atoms with Crippen LogP contribution < -0.4 is 4.74 Å². The number of fused-ring (bicyclic) bond motifs is 3. The minimum Gasteiger partial charge on any atom is -0.457 e. The molecule has 0 fully saturated rings. The van der Waals surface area contributed by atoms with E-state index in [1.807, 2.05) is 18.5 Å². The lowest BCUT2D eigenvalue weighted by molar-refractivity contribution is 0.483. The Morgan fingerprint density at radius 3 is 1.88 bits per heavy atom. The predicted molar refractivity (Wildman–Crippen MR) is 244 cm³/mol. The van der Waals surface area contributed by atoms with Gasteiger partial charge in [-0.05, 0) is 124 Å². The lowest BCUT2D eigenvalue weighted by atomic mass is 9.86. The zero-order valence-corrected chi connectivity index (χ0v) is 36.0. The van der Waals surface area contributed by atoms with E-state index in [9.17, 15) is 0 Å². The Kier molecular flexibility index (Phi) is 10.1. The Morgan fingerprint density at radius 2 is 1.22 bits per heavy atom. The predicted octanol–water partition coefficient (Wildman–Crippen LogP) is 14.8. The summed E-state index contributed by atoms with van der Waals surface area (Å²) < 4.78 is 11.3. The summed E-state index contributed by atoms with van der Waals surface area (Å²) in [6.07, 6.45) is 5.95. The van der Waals surface area contributed by atoms with Crippen LogP contribution in [0.25, 0.3) is 55.8 Å². The van der Waals surface area contributed by atoms with Crippen molar-refractivity contribution >= 4 is 21.8 Å². The fourth-order valence-corrected chi connectivity index (χ4v) is 8.47. The second-order valence-electron chi connectivity index (χ2n) is 17.9.